The van der Waals surface area contributed by atoms with Gasteiger partial charge >= 0.3 is 0 Å². The van der Waals surface area contributed by atoms with Crippen molar-refractivity contribution < 1.29 is 0 Å². The van der Waals surface area contributed by atoms with Crippen molar-refractivity contribution in [3.05, 3.63) is 33.3 Å². The van der Waals surface area contributed by atoms with E-state index in [1.807, 2.05) is 11.4 Å². The van der Waals surface area contributed by atoms with Crippen molar-refractivity contribution in [2.45, 2.75) is 9.37 Å². The first-order chi connectivity index (χ1) is 6.75. The van der Waals surface area contributed by atoms with Crippen LogP contribution in [0.4, 0.5) is 0 Å². The molecule has 0 unspecified atom stereocenters. The lowest BCUT2D eigenvalue weighted by Gasteiger charge is -1.99. The molecule has 2 heterocycles. The minimum Gasteiger partial charge on any atom is -0.247 e. The fourth-order valence-electron chi connectivity index (χ4n) is 0.821. The second kappa shape index (κ2) is 4.61. The van der Waals surface area contributed by atoms with E-state index in [2.05, 4.69) is 25.9 Å². The van der Waals surface area contributed by atoms with Crippen molar-refractivity contribution in [2.24, 2.45) is 0 Å². The number of thiazole rings is 1. The Labute approximate surface area is 103 Å². The zero-order valence-corrected chi connectivity index (χ0v) is 10.8. The van der Waals surface area contributed by atoms with Crippen LogP contribution in [0.2, 0.25) is 5.02 Å². The Bertz CT molecular complexity index is 433. The van der Waals surface area contributed by atoms with E-state index >= 15 is 0 Å². The Balaban J connectivity index is 2.25. The van der Waals surface area contributed by atoms with Crippen LogP contribution in [0, 0.1) is 0 Å². The Morgan fingerprint density at radius 1 is 1.43 bits per heavy atom. The highest BCUT2D eigenvalue weighted by molar-refractivity contribution is 9.10. The van der Waals surface area contributed by atoms with Crippen molar-refractivity contribution in [2.75, 3.05) is 0 Å². The summed E-state index contributed by atoms with van der Waals surface area (Å²) >= 11 is 12.3. The average Bonchev–Trinajstić information content (AvgIpc) is 2.62. The number of hydrogen-bond acceptors (Lipinski definition) is 4. The van der Waals surface area contributed by atoms with Crippen molar-refractivity contribution in [3.63, 3.8) is 0 Å². The molecule has 72 valence electrons. The van der Waals surface area contributed by atoms with E-state index in [4.69, 9.17) is 11.6 Å². The Morgan fingerprint density at radius 3 is 2.93 bits per heavy atom. The molecule has 0 aliphatic rings. The van der Waals surface area contributed by atoms with Gasteiger partial charge in [-0.1, -0.05) is 11.6 Å². The van der Waals surface area contributed by atoms with Gasteiger partial charge in [-0.3, -0.25) is 0 Å². The van der Waals surface area contributed by atoms with E-state index in [0.29, 0.717) is 5.02 Å². The van der Waals surface area contributed by atoms with Crippen molar-refractivity contribution in [1.82, 2.24) is 9.97 Å². The lowest BCUT2D eigenvalue weighted by Crippen LogP contribution is -1.81. The normalized spacial score (nSPS) is 10.4. The molecular weight excluding hydrogens is 304 g/mol. The molecule has 0 fully saturated rings. The lowest BCUT2D eigenvalue weighted by molar-refractivity contribution is 1.10. The molecule has 0 saturated heterocycles. The lowest BCUT2D eigenvalue weighted by atomic mass is 10.5. The number of aromatic nitrogens is 2. The second-order valence-electron chi connectivity index (χ2n) is 2.34. The van der Waals surface area contributed by atoms with Crippen LogP contribution < -0.4 is 0 Å². The summed E-state index contributed by atoms with van der Waals surface area (Å²) in [6.07, 6.45) is 3.40. The Hall–Kier alpha value is -0.100. The maximum atomic E-state index is 5.78. The molecule has 0 aliphatic carbocycles. The van der Waals surface area contributed by atoms with Gasteiger partial charge < -0.3 is 0 Å². The highest BCUT2D eigenvalue weighted by Crippen LogP contribution is 2.33. The summed E-state index contributed by atoms with van der Waals surface area (Å²) < 4.78 is 1.87. The van der Waals surface area contributed by atoms with E-state index in [-0.39, 0.29) is 0 Å². The third-order valence-corrected chi connectivity index (χ3v) is 4.34. The van der Waals surface area contributed by atoms with E-state index in [1.54, 1.807) is 23.7 Å². The van der Waals surface area contributed by atoms with Gasteiger partial charge in [0.15, 0.2) is 4.34 Å². The molecule has 0 spiro atoms. The summed E-state index contributed by atoms with van der Waals surface area (Å²) in [5.41, 5.74) is 0. The summed E-state index contributed by atoms with van der Waals surface area (Å²) in [4.78, 5) is 8.37. The monoisotopic (exact) mass is 306 g/mol. The Kier molecular flexibility index (Phi) is 3.43. The van der Waals surface area contributed by atoms with E-state index in [0.717, 1.165) is 13.8 Å². The largest absolute Gasteiger partial charge is 0.247 e. The first-order valence-corrected chi connectivity index (χ1v) is 6.51. The number of pyridine rings is 1. The molecule has 0 aliphatic heterocycles. The number of hydrogen-bond donors (Lipinski definition) is 0. The molecule has 0 aromatic carbocycles. The van der Waals surface area contributed by atoms with Gasteiger partial charge in [0, 0.05) is 17.8 Å². The first-order valence-electron chi connectivity index (χ1n) is 3.64. The van der Waals surface area contributed by atoms with Gasteiger partial charge in [-0.25, -0.2) is 9.97 Å². The third-order valence-electron chi connectivity index (χ3n) is 1.37. The summed E-state index contributed by atoms with van der Waals surface area (Å²) in [5.74, 6) is 0. The van der Waals surface area contributed by atoms with E-state index < -0.39 is 0 Å². The fourth-order valence-corrected chi connectivity index (χ4v) is 3.20. The molecule has 0 atom stereocenters. The molecule has 2 aromatic heterocycles. The predicted octanol–water partition coefficient (Wildman–Crippen LogP) is 4.11. The highest BCUT2D eigenvalue weighted by atomic mass is 79.9. The predicted molar refractivity (Wildman–Crippen MR) is 63.2 cm³/mol. The van der Waals surface area contributed by atoms with Gasteiger partial charge in [0.2, 0.25) is 0 Å². The van der Waals surface area contributed by atoms with E-state index in [1.165, 1.54) is 11.8 Å². The second-order valence-corrected chi connectivity index (χ2v) is 5.76. The zero-order valence-electron chi connectivity index (χ0n) is 6.78. The molecule has 2 rings (SSSR count). The number of rotatable bonds is 2. The van der Waals surface area contributed by atoms with Crippen LogP contribution in [0.25, 0.3) is 0 Å². The fraction of sp³-hybridized carbons (Fsp3) is 0. The van der Waals surface area contributed by atoms with Gasteiger partial charge in [0.1, 0.15) is 5.03 Å². The van der Waals surface area contributed by atoms with Gasteiger partial charge in [-0.05, 0) is 33.8 Å². The third kappa shape index (κ3) is 2.48. The molecule has 6 heteroatoms. The topological polar surface area (TPSA) is 25.8 Å². The smallest absolute Gasteiger partial charge is 0.156 e. The summed E-state index contributed by atoms with van der Waals surface area (Å²) in [5, 5.41) is 3.44. The minimum atomic E-state index is 0.625. The molecule has 0 bridgehead atoms. The standard InChI is InChI=1S/C8H4BrClN2S2/c9-6-3-5(10)4-12-7(6)14-8-11-1-2-13-8/h1-4H. The number of nitrogens with zero attached hydrogens (tertiary/aromatic N) is 2. The van der Waals surface area contributed by atoms with Gasteiger partial charge in [0.05, 0.1) is 9.50 Å². The quantitative estimate of drug-likeness (QED) is 0.835. The van der Waals surface area contributed by atoms with Crippen LogP contribution in [-0.4, -0.2) is 9.97 Å². The molecule has 0 amide bonds. The van der Waals surface area contributed by atoms with Crippen molar-refractivity contribution in [1.29, 1.82) is 0 Å². The van der Waals surface area contributed by atoms with Gasteiger partial charge in [-0.15, -0.1) is 11.3 Å². The average molecular weight is 308 g/mol. The van der Waals surface area contributed by atoms with Crippen molar-refractivity contribution >= 4 is 50.6 Å². The highest BCUT2D eigenvalue weighted by Gasteiger charge is 2.06. The maximum Gasteiger partial charge on any atom is 0.156 e. The molecule has 0 radical (unpaired) electrons. The molecule has 2 aromatic rings. The SMILES string of the molecule is Clc1cnc(Sc2nccs2)c(Br)c1. The van der Waals surface area contributed by atoms with Gasteiger partial charge in [0.25, 0.3) is 0 Å². The summed E-state index contributed by atoms with van der Waals surface area (Å²) in [6, 6.07) is 1.82. The summed E-state index contributed by atoms with van der Waals surface area (Å²) in [7, 11) is 0. The molecule has 2 nitrogen and oxygen atoms in total. The molecule has 0 saturated carbocycles. The minimum absolute atomic E-state index is 0.625. The molecular formula is C8H4BrClN2S2. The van der Waals surface area contributed by atoms with Crippen LogP contribution in [0.5, 0.6) is 0 Å². The van der Waals surface area contributed by atoms with Crippen molar-refractivity contribution in [3.8, 4) is 0 Å². The number of halogens is 2. The van der Waals surface area contributed by atoms with Crippen LogP contribution in [-0.2, 0) is 0 Å². The maximum absolute atomic E-state index is 5.78. The van der Waals surface area contributed by atoms with E-state index in [9.17, 15) is 0 Å². The molecule has 0 N–H and O–H groups in total. The van der Waals surface area contributed by atoms with Crippen LogP contribution in [0.3, 0.4) is 0 Å². The molecule has 14 heavy (non-hydrogen) atoms. The zero-order chi connectivity index (χ0) is 9.97. The van der Waals surface area contributed by atoms with Gasteiger partial charge in [-0.2, -0.15) is 0 Å². The first kappa shape index (κ1) is 10.4. The summed E-state index contributed by atoms with van der Waals surface area (Å²) in [6.45, 7) is 0. The van der Waals surface area contributed by atoms with Crippen LogP contribution >= 0.6 is 50.6 Å². The van der Waals surface area contributed by atoms with Crippen LogP contribution in [0.1, 0.15) is 0 Å². The Morgan fingerprint density at radius 2 is 2.29 bits per heavy atom. The van der Waals surface area contributed by atoms with Crippen LogP contribution in [0.15, 0.2) is 37.7 Å².